The van der Waals surface area contributed by atoms with Crippen LogP contribution in [0.25, 0.3) is 0 Å². The molecule has 0 amide bonds. The Balaban J connectivity index is 2.35. The van der Waals surface area contributed by atoms with Crippen LogP contribution in [0.2, 0.25) is 0 Å². The van der Waals surface area contributed by atoms with Gasteiger partial charge in [0.1, 0.15) is 5.60 Å². The molecule has 0 spiro atoms. The summed E-state index contributed by atoms with van der Waals surface area (Å²) in [6.07, 6.45) is 7.30. The molecule has 1 saturated heterocycles. The third-order valence-electron chi connectivity index (χ3n) is 4.32. The van der Waals surface area contributed by atoms with E-state index in [0.717, 1.165) is 25.7 Å². The summed E-state index contributed by atoms with van der Waals surface area (Å²) < 4.78 is 5.69. The Labute approximate surface area is 91.7 Å². The van der Waals surface area contributed by atoms with Gasteiger partial charge in [-0.3, -0.25) is 4.79 Å². The molecule has 0 aromatic rings. The molecule has 3 atom stereocenters. The van der Waals surface area contributed by atoms with Crippen LogP contribution in [-0.4, -0.2) is 11.6 Å². The summed E-state index contributed by atoms with van der Waals surface area (Å²) in [5.74, 6) is -0.00421. The molecule has 84 valence electrons. The van der Waals surface area contributed by atoms with E-state index in [-0.39, 0.29) is 22.9 Å². The van der Waals surface area contributed by atoms with Crippen LogP contribution in [0, 0.1) is 11.3 Å². The van der Waals surface area contributed by atoms with E-state index < -0.39 is 0 Å². The van der Waals surface area contributed by atoms with Crippen LogP contribution in [0.3, 0.4) is 0 Å². The molecule has 2 aliphatic rings. The molecule has 2 nitrogen and oxygen atoms in total. The van der Waals surface area contributed by atoms with Gasteiger partial charge in [0, 0.05) is 5.41 Å². The largest absolute Gasteiger partial charge is 0.454 e. The molecular formula is C13H20O2. The standard InChI is InChI=1S/C13H20O2/c1-4-13-8-6-5-7-12(13,3)9-10(2)11(14)15-13/h4,10H,1,5-9H2,2-3H3/t10-,12-,13-/m0/s1. The highest BCUT2D eigenvalue weighted by molar-refractivity contribution is 5.74. The van der Waals surface area contributed by atoms with E-state index >= 15 is 0 Å². The van der Waals surface area contributed by atoms with Crippen molar-refractivity contribution in [2.24, 2.45) is 11.3 Å². The highest BCUT2D eigenvalue weighted by Gasteiger charge is 2.55. The van der Waals surface area contributed by atoms with E-state index in [1.807, 2.05) is 13.0 Å². The number of esters is 1. The third-order valence-corrected chi connectivity index (χ3v) is 4.32. The van der Waals surface area contributed by atoms with Gasteiger partial charge in [-0.25, -0.2) is 0 Å². The second-order valence-corrected chi connectivity index (χ2v) is 5.39. The van der Waals surface area contributed by atoms with E-state index in [2.05, 4.69) is 13.5 Å². The monoisotopic (exact) mass is 208 g/mol. The summed E-state index contributed by atoms with van der Waals surface area (Å²) in [6.45, 7) is 8.10. The first-order chi connectivity index (χ1) is 7.03. The van der Waals surface area contributed by atoms with Crippen molar-refractivity contribution in [1.82, 2.24) is 0 Å². The quantitative estimate of drug-likeness (QED) is 0.489. The predicted octanol–water partition coefficient (Wildman–Crippen LogP) is 3.07. The Morgan fingerprint density at radius 2 is 2.13 bits per heavy atom. The normalized spacial score (nSPS) is 45.5. The van der Waals surface area contributed by atoms with Crippen molar-refractivity contribution in [3.8, 4) is 0 Å². The Bertz CT molecular complexity index is 297. The third kappa shape index (κ3) is 1.42. The van der Waals surface area contributed by atoms with Gasteiger partial charge >= 0.3 is 5.97 Å². The van der Waals surface area contributed by atoms with Gasteiger partial charge in [-0.2, -0.15) is 0 Å². The first-order valence-corrected chi connectivity index (χ1v) is 5.89. The molecule has 2 rings (SSSR count). The lowest BCUT2D eigenvalue weighted by Crippen LogP contribution is -2.56. The van der Waals surface area contributed by atoms with E-state index in [9.17, 15) is 4.79 Å². The molecule has 0 N–H and O–H groups in total. The van der Waals surface area contributed by atoms with Gasteiger partial charge in [-0.05, 0) is 31.8 Å². The maximum atomic E-state index is 11.7. The summed E-state index contributed by atoms with van der Waals surface area (Å²) in [6, 6.07) is 0. The second kappa shape index (κ2) is 3.36. The van der Waals surface area contributed by atoms with Crippen molar-refractivity contribution in [2.75, 3.05) is 0 Å². The summed E-state index contributed by atoms with van der Waals surface area (Å²) in [5.41, 5.74) is -0.269. The van der Waals surface area contributed by atoms with Crippen molar-refractivity contribution >= 4 is 5.97 Å². The Kier molecular flexibility index (Phi) is 2.40. The zero-order chi connectivity index (χ0) is 11.1. The fraction of sp³-hybridized carbons (Fsp3) is 0.769. The van der Waals surface area contributed by atoms with Crippen LogP contribution >= 0.6 is 0 Å². The first-order valence-electron chi connectivity index (χ1n) is 5.89. The Morgan fingerprint density at radius 3 is 2.80 bits per heavy atom. The average Bonchev–Trinajstić information content (AvgIpc) is 2.20. The number of ether oxygens (including phenoxy) is 1. The number of fused-ring (bicyclic) bond motifs is 1. The molecule has 2 fully saturated rings. The number of hydrogen-bond acceptors (Lipinski definition) is 2. The minimum Gasteiger partial charge on any atom is -0.454 e. The molecule has 0 unspecified atom stereocenters. The summed E-state index contributed by atoms with van der Waals surface area (Å²) >= 11 is 0. The van der Waals surface area contributed by atoms with E-state index in [4.69, 9.17) is 4.74 Å². The van der Waals surface area contributed by atoms with Crippen molar-refractivity contribution in [3.63, 3.8) is 0 Å². The zero-order valence-electron chi connectivity index (χ0n) is 9.71. The lowest BCUT2D eigenvalue weighted by Gasteiger charge is -2.53. The van der Waals surface area contributed by atoms with Gasteiger partial charge in [0.2, 0.25) is 0 Å². The second-order valence-electron chi connectivity index (χ2n) is 5.39. The average molecular weight is 208 g/mol. The van der Waals surface area contributed by atoms with Gasteiger partial charge in [-0.15, -0.1) is 0 Å². The number of carbonyl (C=O) groups excluding carboxylic acids is 1. The Hall–Kier alpha value is -0.790. The maximum Gasteiger partial charge on any atom is 0.309 e. The molecule has 1 heterocycles. The van der Waals surface area contributed by atoms with Crippen LogP contribution in [0.15, 0.2) is 12.7 Å². The van der Waals surface area contributed by atoms with Crippen molar-refractivity contribution in [1.29, 1.82) is 0 Å². The highest BCUT2D eigenvalue weighted by atomic mass is 16.6. The molecule has 1 aliphatic carbocycles. The number of rotatable bonds is 1. The van der Waals surface area contributed by atoms with Crippen LogP contribution < -0.4 is 0 Å². The summed E-state index contributed by atoms with van der Waals surface area (Å²) in [7, 11) is 0. The lowest BCUT2D eigenvalue weighted by molar-refractivity contribution is -0.196. The molecule has 0 radical (unpaired) electrons. The topological polar surface area (TPSA) is 26.3 Å². The van der Waals surface area contributed by atoms with Gasteiger partial charge in [0.15, 0.2) is 0 Å². The van der Waals surface area contributed by atoms with Crippen LogP contribution in [0.4, 0.5) is 0 Å². The Morgan fingerprint density at radius 1 is 1.47 bits per heavy atom. The van der Waals surface area contributed by atoms with Crippen LogP contribution in [0.5, 0.6) is 0 Å². The molecule has 15 heavy (non-hydrogen) atoms. The van der Waals surface area contributed by atoms with Gasteiger partial charge in [-0.1, -0.05) is 26.8 Å². The van der Waals surface area contributed by atoms with Crippen molar-refractivity contribution in [2.45, 2.75) is 51.6 Å². The molecule has 0 bridgehead atoms. The van der Waals surface area contributed by atoms with E-state index in [0.29, 0.717) is 0 Å². The van der Waals surface area contributed by atoms with Gasteiger partial charge in [0.25, 0.3) is 0 Å². The molecular weight excluding hydrogens is 188 g/mol. The van der Waals surface area contributed by atoms with Crippen molar-refractivity contribution < 1.29 is 9.53 Å². The lowest BCUT2D eigenvalue weighted by atomic mass is 9.59. The fourth-order valence-corrected chi connectivity index (χ4v) is 3.29. The summed E-state index contributed by atoms with van der Waals surface area (Å²) in [4.78, 5) is 11.7. The van der Waals surface area contributed by atoms with Gasteiger partial charge < -0.3 is 4.74 Å². The molecule has 0 aromatic carbocycles. The number of carbonyl (C=O) groups is 1. The predicted molar refractivity (Wildman–Crippen MR) is 59.4 cm³/mol. The summed E-state index contributed by atoms with van der Waals surface area (Å²) in [5, 5.41) is 0. The van der Waals surface area contributed by atoms with E-state index in [1.54, 1.807) is 0 Å². The maximum absolute atomic E-state index is 11.7. The SMILES string of the molecule is C=C[C@]12CCCC[C@@]1(C)C[C@H](C)C(=O)O2. The zero-order valence-corrected chi connectivity index (χ0v) is 9.71. The molecule has 2 heteroatoms. The first kappa shape index (κ1) is 10.7. The molecule has 1 aliphatic heterocycles. The minimum atomic E-state index is -0.380. The smallest absolute Gasteiger partial charge is 0.309 e. The molecule has 0 aromatic heterocycles. The highest BCUT2D eigenvalue weighted by Crippen LogP contribution is 2.53. The van der Waals surface area contributed by atoms with Crippen molar-refractivity contribution in [3.05, 3.63) is 12.7 Å². The number of hydrogen-bond donors (Lipinski definition) is 0. The van der Waals surface area contributed by atoms with Crippen LogP contribution in [0.1, 0.15) is 46.0 Å². The molecule has 1 saturated carbocycles. The van der Waals surface area contributed by atoms with E-state index in [1.165, 1.54) is 6.42 Å². The fourth-order valence-electron chi connectivity index (χ4n) is 3.29. The van der Waals surface area contributed by atoms with Gasteiger partial charge in [0.05, 0.1) is 5.92 Å². The van der Waals surface area contributed by atoms with Crippen LogP contribution in [-0.2, 0) is 9.53 Å². The minimum absolute atomic E-state index is 0.0428.